The van der Waals surface area contributed by atoms with Gasteiger partial charge in [-0.1, -0.05) is 18.2 Å². The summed E-state index contributed by atoms with van der Waals surface area (Å²) in [5.41, 5.74) is 2.05. The topological polar surface area (TPSA) is 55.3 Å². The molecule has 0 amide bonds. The maximum absolute atomic E-state index is 12.2. The van der Waals surface area contributed by atoms with Gasteiger partial charge in [-0.25, -0.2) is 9.78 Å². The smallest absolute Gasteiger partial charge is 0.343 e. The zero-order valence-electron chi connectivity index (χ0n) is 13.9. The van der Waals surface area contributed by atoms with Gasteiger partial charge in [0.25, 0.3) is 0 Å². The number of carbonyl (C=O) groups excluding carboxylic acids is 1. The van der Waals surface area contributed by atoms with Crippen molar-refractivity contribution in [2.75, 3.05) is 18.0 Å². The molecule has 5 nitrogen and oxygen atoms in total. The van der Waals surface area contributed by atoms with Crippen molar-refractivity contribution in [3.63, 3.8) is 0 Å². The predicted octanol–water partition coefficient (Wildman–Crippen LogP) is 3.84. The predicted molar refractivity (Wildman–Crippen MR) is 97.0 cm³/mol. The molecule has 2 heterocycles. The fraction of sp³-hybridized carbons (Fsp3) is 0.250. The van der Waals surface area contributed by atoms with E-state index in [4.69, 9.17) is 9.72 Å². The third kappa shape index (κ3) is 3.45. The van der Waals surface area contributed by atoms with Crippen molar-refractivity contribution in [2.45, 2.75) is 19.3 Å². The van der Waals surface area contributed by atoms with Gasteiger partial charge < -0.3 is 9.64 Å². The Morgan fingerprint density at radius 1 is 0.960 bits per heavy atom. The number of anilines is 1. The van der Waals surface area contributed by atoms with Gasteiger partial charge in [0, 0.05) is 19.2 Å². The zero-order valence-corrected chi connectivity index (χ0v) is 13.9. The van der Waals surface area contributed by atoms with Gasteiger partial charge in [-0.05, 0) is 43.5 Å². The monoisotopic (exact) mass is 333 g/mol. The van der Waals surface area contributed by atoms with Crippen LogP contribution in [0.15, 0.2) is 54.7 Å². The summed E-state index contributed by atoms with van der Waals surface area (Å²) in [5, 5.41) is 0. The van der Waals surface area contributed by atoms with Crippen LogP contribution in [0.5, 0.6) is 5.75 Å². The first-order valence-corrected chi connectivity index (χ1v) is 8.58. The van der Waals surface area contributed by atoms with Crippen molar-refractivity contribution >= 4 is 22.8 Å². The first kappa shape index (κ1) is 15.6. The highest BCUT2D eigenvalue weighted by Gasteiger charge is 2.14. The summed E-state index contributed by atoms with van der Waals surface area (Å²) in [7, 11) is 0. The van der Waals surface area contributed by atoms with Gasteiger partial charge in [-0.3, -0.25) is 4.98 Å². The first-order chi connectivity index (χ1) is 12.3. The number of piperidine rings is 1. The van der Waals surface area contributed by atoms with E-state index in [-0.39, 0.29) is 5.97 Å². The number of ether oxygens (including phenoxy) is 1. The molecule has 0 spiro atoms. The molecule has 0 N–H and O–H groups in total. The third-order valence-corrected chi connectivity index (χ3v) is 4.40. The van der Waals surface area contributed by atoms with Gasteiger partial charge in [0.2, 0.25) is 0 Å². The summed E-state index contributed by atoms with van der Waals surface area (Å²) in [6.45, 7) is 2.03. The molecule has 1 saturated heterocycles. The lowest BCUT2D eigenvalue weighted by Gasteiger charge is -2.27. The highest BCUT2D eigenvalue weighted by molar-refractivity contribution is 5.91. The molecule has 1 aliphatic heterocycles. The summed E-state index contributed by atoms with van der Waals surface area (Å²) in [6.07, 6.45) is 5.48. The molecule has 0 aliphatic carbocycles. The van der Waals surface area contributed by atoms with E-state index in [9.17, 15) is 4.79 Å². The standard InChI is InChI=1S/C20H19N3O2/c24-20(15-7-3-1-4-8-15)25-16-9-10-17-18(13-16)22-19(14-21-17)23-11-5-2-6-12-23/h1,3-4,7-10,13-14H,2,5-6,11-12H2. The fourth-order valence-corrected chi connectivity index (χ4v) is 3.06. The van der Waals surface area contributed by atoms with Crippen LogP contribution in [0.3, 0.4) is 0 Å². The number of benzene rings is 2. The SMILES string of the molecule is O=C(Oc1ccc2ncc(N3CCCCC3)nc2c1)c1ccccc1. The van der Waals surface area contributed by atoms with Crippen LogP contribution in [0.25, 0.3) is 11.0 Å². The summed E-state index contributed by atoms with van der Waals surface area (Å²) in [4.78, 5) is 23.7. The Kier molecular flexibility index (Phi) is 4.29. The average molecular weight is 333 g/mol. The van der Waals surface area contributed by atoms with Crippen molar-refractivity contribution in [3.8, 4) is 5.75 Å². The van der Waals surface area contributed by atoms with E-state index in [0.29, 0.717) is 11.3 Å². The van der Waals surface area contributed by atoms with Crippen LogP contribution in [-0.4, -0.2) is 29.0 Å². The Hall–Kier alpha value is -2.95. The molecule has 126 valence electrons. The number of carbonyl (C=O) groups is 1. The zero-order chi connectivity index (χ0) is 17.1. The number of rotatable bonds is 3. The molecule has 25 heavy (non-hydrogen) atoms. The largest absolute Gasteiger partial charge is 0.423 e. The molecule has 0 atom stereocenters. The van der Waals surface area contributed by atoms with Gasteiger partial charge >= 0.3 is 5.97 Å². The molecule has 0 saturated carbocycles. The van der Waals surface area contributed by atoms with E-state index >= 15 is 0 Å². The maximum Gasteiger partial charge on any atom is 0.343 e. The Morgan fingerprint density at radius 2 is 1.76 bits per heavy atom. The minimum Gasteiger partial charge on any atom is -0.423 e. The summed E-state index contributed by atoms with van der Waals surface area (Å²) in [6, 6.07) is 14.3. The van der Waals surface area contributed by atoms with E-state index in [1.807, 2.05) is 30.5 Å². The lowest BCUT2D eigenvalue weighted by Crippen LogP contribution is -2.30. The lowest BCUT2D eigenvalue weighted by molar-refractivity contribution is 0.0735. The molecule has 1 aliphatic rings. The van der Waals surface area contributed by atoms with Crippen molar-refractivity contribution < 1.29 is 9.53 Å². The number of hydrogen-bond donors (Lipinski definition) is 0. The molecular weight excluding hydrogens is 314 g/mol. The van der Waals surface area contributed by atoms with Crippen molar-refractivity contribution in [1.82, 2.24) is 9.97 Å². The van der Waals surface area contributed by atoms with Gasteiger partial charge in [0.05, 0.1) is 22.8 Å². The van der Waals surface area contributed by atoms with E-state index < -0.39 is 0 Å². The molecular formula is C20H19N3O2. The van der Waals surface area contributed by atoms with Crippen LogP contribution >= 0.6 is 0 Å². The van der Waals surface area contributed by atoms with Crippen molar-refractivity contribution in [1.29, 1.82) is 0 Å². The Morgan fingerprint density at radius 3 is 2.56 bits per heavy atom. The quantitative estimate of drug-likeness (QED) is 0.538. The van der Waals surface area contributed by atoms with Gasteiger partial charge in [-0.15, -0.1) is 0 Å². The van der Waals surface area contributed by atoms with Crippen LogP contribution in [0.4, 0.5) is 5.82 Å². The second kappa shape index (κ2) is 6.89. The van der Waals surface area contributed by atoms with Crippen molar-refractivity contribution in [3.05, 3.63) is 60.3 Å². The Bertz CT molecular complexity index is 890. The van der Waals surface area contributed by atoms with E-state index in [1.165, 1.54) is 19.3 Å². The summed E-state index contributed by atoms with van der Waals surface area (Å²) >= 11 is 0. The molecule has 2 aromatic carbocycles. The van der Waals surface area contributed by atoms with Crippen molar-refractivity contribution in [2.24, 2.45) is 0 Å². The Labute approximate surface area is 146 Å². The van der Waals surface area contributed by atoms with Crippen LogP contribution in [0.2, 0.25) is 0 Å². The normalized spacial score (nSPS) is 14.5. The number of aromatic nitrogens is 2. The molecule has 3 aromatic rings. The van der Waals surface area contributed by atoms with E-state index in [0.717, 1.165) is 29.9 Å². The Balaban J connectivity index is 1.59. The number of fused-ring (bicyclic) bond motifs is 1. The minimum absolute atomic E-state index is 0.375. The van der Waals surface area contributed by atoms with Crippen LogP contribution in [-0.2, 0) is 0 Å². The van der Waals surface area contributed by atoms with Gasteiger partial charge in [-0.2, -0.15) is 0 Å². The average Bonchev–Trinajstić information content (AvgIpc) is 2.69. The maximum atomic E-state index is 12.2. The van der Waals surface area contributed by atoms with Crippen LogP contribution < -0.4 is 9.64 Å². The van der Waals surface area contributed by atoms with E-state index in [1.54, 1.807) is 24.3 Å². The fourth-order valence-electron chi connectivity index (χ4n) is 3.06. The summed E-state index contributed by atoms with van der Waals surface area (Å²) < 4.78 is 5.47. The first-order valence-electron chi connectivity index (χ1n) is 8.58. The molecule has 0 unspecified atom stereocenters. The number of nitrogens with zero attached hydrogens (tertiary/aromatic N) is 3. The van der Waals surface area contributed by atoms with Gasteiger partial charge in [0.15, 0.2) is 0 Å². The second-order valence-electron chi connectivity index (χ2n) is 6.18. The molecule has 1 aromatic heterocycles. The van der Waals surface area contributed by atoms with E-state index in [2.05, 4.69) is 9.88 Å². The molecule has 0 bridgehead atoms. The molecule has 5 heteroatoms. The molecule has 4 rings (SSSR count). The lowest BCUT2D eigenvalue weighted by atomic mass is 10.1. The van der Waals surface area contributed by atoms with Crippen LogP contribution in [0.1, 0.15) is 29.6 Å². The number of hydrogen-bond acceptors (Lipinski definition) is 5. The minimum atomic E-state index is -0.375. The highest BCUT2D eigenvalue weighted by atomic mass is 16.5. The highest BCUT2D eigenvalue weighted by Crippen LogP contribution is 2.23. The number of esters is 1. The summed E-state index contributed by atoms with van der Waals surface area (Å²) in [5.74, 6) is 0.991. The third-order valence-electron chi connectivity index (χ3n) is 4.40. The second-order valence-corrected chi connectivity index (χ2v) is 6.18. The molecule has 1 fully saturated rings. The molecule has 0 radical (unpaired) electrons. The van der Waals surface area contributed by atoms with Crippen LogP contribution in [0, 0.1) is 0 Å². The van der Waals surface area contributed by atoms with Gasteiger partial charge in [0.1, 0.15) is 11.6 Å².